The van der Waals surface area contributed by atoms with Gasteiger partial charge in [0.25, 0.3) is 0 Å². The summed E-state index contributed by atoms with van der Waals surface area (Å²) in [5.41, 5.74) is 0.485. The third kappa shape index (κ3) is 5.36. The summed E-state index contributed by atoms with van der Waals surface area (Å²) < 4.78 is 38.6. The molecule has 29 heavy (non-hydrogen) atoms. The summed E-state index contributed by atoms with van der Waals surface area (Å²) in [4.78, 5) is 25.2. The van der Waals surface area contributed by atoms with E-state index in [9.17, 15) is 18.0 Å². The highest BCUT2D eigenvalue weighted by Gasteiger charge is 2.31. The van der Waals surface area contributed by atoms with Gasteiger partial charge in [0, 0.05) is 44.5 Å². The number of nitrogens with one attached hydrogen (secondary N) is 1. The van der Waals surface area contributed by atoms with Crippen LogP contribution in [0.25, 0.3) is 0 Å². The molecule has 1 aromatic carbocycles. The average Bonchev–Trinajstić information content (AvgIpc) is 2.67. The van der Waals surface area contributed by atoms with Gasteiger partial charge in [-0.1, -0.05) is 18.2 Å². The van der Waals surface area contributed by atoms with Crippen LogP contribution in [0.2, 0.25) is 0 Å². The summed E-state index contributed by atoms with van der Waals surface area (Å²) in [6.07, 6.45) is -4.46. The lowest BCUT2D eigenvalue weighted by Crippen LogP contribution is -2.49. The van der Waals surface area contributed by atoms with Crippen LogP contribution in [0.15, 0.2) is 30.3 Å². The summed E-state index contributed by atoms with van der Waals surface area (Å²) in [7, 11) is 0. The fourth-order valence-corrected chi connectivity index (χ4v) is 3.27. The van der Waals surface area contributed by atoms with Gasteiger partial charge in [0.15, 0.2) is 0 Å². The molecule has 1 saturated heterocycles. The van der Waals surface area contributed by atoms with Crippen LogP contribution in [-0.2, 0) is 17.4 Å². The number of alkyl halides is 3. The summed E-state index contributed by atoms with van der Waals surface area (Å²) >= 11 is 0. The van der Waals surface area contributed by atoms with Gasteiger partial charge in [-0.15, -0.1) is 0 Å². The average molecular weight is 407 g/mol. The van der Waals surface area contributed by atoms with Crippen LogP contribution in [0, 0.1) is 6.92 Å². The van der Waals surface area contributed by atoms with Gasteiger partial charge in [-0.3, -0.25) is 4.79 Å². The van der Waals surface area contributed by atoms with E-state index >= 15 is 0 Å². The van der Waals surface area contributed by atoms with E-state index in [1.165, 1.54) is 6.07 Å². The molecule has 1 N–H and O–H groups in total. The second-order valence-corrected chi connectivity index (χ2v) is 6.97. The highest BCUT2D eigenvalue weighted by Crippen LogP contribution is 2.29. The van der Waals surface area contributed by atoms with Gasteiger partial charge in [0.1, 0.15) is 5.82 Å². The number of benzene rings is 1. The molecule has 3 rings (SSSR count). The van der Waals surface area contributed by atoms with Crippen LogP contribution in [-0.4, -0.2) is 53.5 Å². The van der Waals surface area contributed by atoms with Crippen molar-refractivity contribution >= 4 is 17.7 Å². The number of carbonyl (C=O) groups excluding carboxylic acids is 1. The standard InChI is InChI=1S/C20H24F3N5O/c1-3-24-17-11-14(2)25-19(26-17)28-9-7-27(8-10-28)18(29)13-15-5-4-6-16(12-15)20(21,22)23/h4-6,11-12H,3,7-10,13H2,1-2H3,(H,24,25,26). The zero-order chi connectivity index (χ0) is 21.0. The summed E-state index contributed by atoms with van der Waals surface area (Å²) in [5, 5.41) is 3.17. The molecule has 0 spiro atoms. The molecular weight excluding hydrogens is 383 g/mol. The molecule has 0 unspecified atom stereocenters. The Morgan fingerprint density at radius 3 is 2.52 bits per heavy atom. The fourth-order valence-electron chi connectivity index (χ4n) is 3.27. The molecule has 1 aromatic heterocycles. The third-order valence-corrected chi connectivity index (χ3v) is 4.73. The number of rotatable bonds is 5. The van der Waals surface area contributed by atoms with Crippen molar-refractivity contribution < 1.29 is 18.0 Å². The summed E-state index contributed by atoms with van der Waals surface area (Å²) in [5.74, 6) is 1.20. The Labute approximate surface area is 167 Å². The first-order valence-electron chi connectivity index (χ1n) is 9.54. The number of amides is 1. The molecule has 9 heteroatoms. The molecule has 1 fully saturated rings. The van der Waals surface area contributed by atoms with Crippen LogP contribution < -0.4 is 10.2 Å². The Morgan fingerprint density at radius 1 is 1.14 bits per heavy atom. The normalized spacial score (nSPS) is 14.8. The minimum absolute atomic E-state index is 0.0462. The van der Waals surface area contributed by atoms with Gasteiger partial charge in [-0.2, -0.15) is 18.2 Å². The molecule has 1 amide bonds. The quantitative estimate of drug-likeness (QED) is 0.825. The van der Waals surface area contributed by atoms with Crippen LogP contribution in [0.5, 0.6) is 0 Å². The minimum Gasteiger partial charge on any atom is -0.370 e. The maximum absolute atomic E-state index is 12.9. The predicted octanol–water partition coefficient (Wildman–Crippen LogP) is 3.13. The largest absolute Gasteiger partial charge is 0.416 e. The first-order valence-corrected chi connectivity index (χ1v) is 9.54. The lowest BCUT2D eigenvalue weighted by Gasteiger charge is -2.35. The van der Waals surface area contributed by atoms with Crippen molar-refractivity contribution in [2.24, 2.45) is 0 Å². The van der Waals surface area contributed by atoms with E-state index in [-0.39, 0.29) is 12.3 Å². The van der Waals surface area contributed by atoms with Gasteiger partial charge in [0.05, 0.1) is 12.0 Å². The van der Waals surface area contributed by atoms with E-state index in [1.54, 1.807) is 11.0 Å². The molecule has 0 radical (unpaired) electrons. The Kier molecular flexibility index (Phi) is 6.24. The zero-order valence-corrected chi connectivity index (χ0v) is 16.5. The van der Waals surface area contributed by atoms with Crippen molar-refractivity contribution in [3.05, 3.63) is 47.2 Å². The molecule has 0 aliphatic carbocycles. The van der Waals surface area contributed by atoms with Crippen LogP contribution >= 0.6 is 0 Å². The van der Waals surface area contributed by atoms with Gasteiger partial charge < -0.3 is 15.1 Å². The molecule has 2 heterocycles. The van der Waals surface area contributed by atoms with Crippen molar-refractivity contribution in [3.8, 4) is 0 Å². The van der Waals surface area contributed by atoms with E-state index in [2.05, 4.69) is 15.3 Å². The maximum Gasteiger partial charge on any atom is 0.416 e. The van der Waals surface area contributed by atoms with Gasteiger partial charge >= 0.3 is 6.18 Å². The van der Waals surface area contributed by atoms with Crippen LogP contribution in [0.3, 0.4) is 0 Å². The van der Waals surface area contributed by atoms with E-state index in [4.69, 9.17) is 0 Å². The Balaban J connectivity index is 1.60. The minimum atomic E-state index is -4.41. The molecule has 1 aliphatic heterocycles. The second kappa shape index (κ2) is 8.67. The van der Waals surface area contributed by atoms with Gasteiger partial charge in [0.2, 0.25) is 11.9 Å². The number of hydrogen-bond acceptors (Lipinski definition) is 5. The lowest BCUT2D eigenvalue weighted by molar-refractivity contribution is -0.138. The first-order chi connectivity index (χ1) is 13.8. The van der Waals surface area contributed by atoms with E-state index < -0.39 is 11.7 Å². The molecule has 0 saturated carbocycles. The summed E-state index contributed by atoms with van der Waals surface area (Å²) in [6.45, 7) is 6.75. The lowest BCUT2D eigenvalue weighted by atomic mass is 10.1. The maximum atomic E-state index is 12.9. The topological polar surface area (TPSA) is 61.4 Å². The van der Waals surface area contributed by atoms with Crippen molar-refractivity contribution in [1.82, 2.24) is 14.9 Å². The number of piperazine rings is 1. The Bertz CT molecular complexity index is 863. The van der Waals surface area contributed by atoms with E-state index in [1.807, 2.05) is 24.8 Å². The molecule has 6 nitrogen and oxygen atoms in total. The first kappa shape index (κ1) is 20.9. The molecule has 1 aliphatic rings. The third-order valence-electron chi connectivity index (χ3n) is 4.73. The highest BCUT2D eigenvalue weighted by atomic mass is 19.4. The molecule has 0 bridgehead atoms. The number of halogens is 3. The highest BCUT2D eigenvalue weighted by molar-refractivity contribution is 5.79. The number of aromatic nitrogens is 2. The predicted molar refractivity (Wildman–Crippen MR) is 105 cm³/mol. The molecule has 0 atom stereocenters. The Hall–Kier alpha value is -2.84. The number of aryl methyl sites for hydroxylation is 1. The number of carbonyl (C=O) groups is 1. The smallest absolute Gasteiger partial charge is 0.370 e. The van der Waals surface area contributed by atoms with Crippen molar-refractivity contribution in [1.29, 1.82) is 0 Å². The fraction of sp³-hybridized carbons (Fsp3) is 0.450. The second-order valence-electron chi connectivity index (χ2n) is 6.97. The molecule has 2 aromatic rings. The van der Waals surface area contributed by atoms with E-state index in [0.717, 1.165) is 30.2 Å². The number of anilines is 2. The van der Waals surface area contributed by atoms with Crippen LogP contribution in [0.1, 0.15) is 23.7 Å². The zero-order valence-electron chi connectivity index (χ0n) is 16.5. The summed E-state index contributed by atoms with van der Waals surface area (Å²) in [6, 6.07) is 6.81. The van der Waals surface area contributed by atoms with Crippen molar-refractivity contribution in [2.45, 2.75) is 26.4 Å². The van der Waals surface area contributed by atoms with Crippen LogP contribution in [0.4, 0.5) is 24.9 Å². The molecule has 156 valence electrons. The SMILES string of the molecule is CCNc1cc(C)nc(N2CCN(C(=O)Cc3cccc(C(F)(F)F)c3)CC2)n1. The van der Waals surface area contributed by atoms with E-state index in [0.29, 0.717) is 37.7 Å². The molecular formula is C20H24F3N5O. The van der Waals surface area contributed by atoms with Crippen molar-refractivity contribution in [2.75, 3.05) is 42.9 Å². The monoisotopic (exact) mass is 407 g/mol. The van der Waals surface area contributed by atoms with Gasteiger partial charge in [-0.05, 0) is 25.5 Å². The van der Waals surface area contributed by atoms with Gasteiger partial charge in [-0.25, -0.2) is 4.98 Å². The Morgan fingerprint density at radius 2 is 1.86 bits per heavy atom. The number of nitrogens with zero attached hydrogens (tertiary/aromatic N) is 4. The number of hydrogen-bond donors (Lipinski definition) is 1. The van der Waals surface area contributed by atoms with Crippen molar-refractivity contribution in [3.63, 3.8) is 0 Å².